The van der Waals surface area contributed by atoms with Crippen molar-refractivity contribution in [2.75, 3.05) is 0 Å². The molecule has 0 spiro atoms. The SMILES string of the molecule is O=c1c2c(C(F)(F)F)noc2nc(-c2ccccc2[N+](=O)[O-])n1C(F)Cc1ccccc1. The second-order valence-corrected chi connectivity index (χ2v) is 6.72. The predicted molar refractivity (Wildman–Crippen MR) is 103 cm³/mol. The molecule has 2 aromatic carbocycles. The Labute approximate surface area is 175 Å². The molecule has 164 valence electrons. The van der Waals surface area contributed by atoms with Crippen molar-refractivity contribution in [3.63, 3.8) is 0 Å². The van der Waals surface area contributed by atoms with Gasteiger partial charge in [-0.3, -0.25) is 19.5 Å². The van der Waals surface area contributed by atoms with Crippen LogP contribution in [0.1, 0.15) is 17.6 Å². The summed E-state index contributed by atoms with van der Waals surface area (Å²) in [6, 6.07) is 13.1. The molecule has 0 radical (unpaired) electrons. The lowest BCUT2D eigenvalue weighted by Crippen LogP contribution is -2.28. The van der Waals surface area contributed by atoms with Gasteiger partial charge in [0.05, 0.1) is 10.5 Å². The normalized spacial score (nSPS) is 12.8. The van der Waals surface area contributed by atoms with E-state index in [9.17, 15) is 28.1 Å². The number of nitro benzene ring substituents is 1. The van der Waals surface area contributed by atoms with E-state index in [-0.39, 0.29) is 5.56 Å². The number of benzene rings is 2. The van der Waals surface area contributed by atoms with Gasteiger partial charge in [0, 0.05) is 12.5 Å². The first kappa shape index (κ1) is 21.2. The molecule has 0 amide bonds. The third-order valence-electron chi connectivity index (χ3n) is 4.68. The van der Waals surface area contributed by atoms with Crippen molar-refractivity contribution in [2.24, 2.45) is 0 Å². The minimum atomic E-state index is -5.06. The van der Waals surface area contributed by atoms with Crippen molar-refractivity contribution in [1.82, 2.24) is 14.7 Å². The Hall–Kier alpha value is -4.09. The highest BCUT2D eigenvalue weighted by Crippen LogP contribution is 2.35. The Morgan fingerprint density at radius 3 is 2.41 bits per heavy atom. The van der Waals surface area contributed by atoms with Gasteiger partial charge < -0.3 is 4.52 Å². The van der Waals surface area contributed by atoms with Gasteiger partial charge >= 0.3 is 6.18 Å². The molecule has 0 aliphatic carbocycles. The van der Waals surface area contributed by atoms with Gasteiger partial charge in [-0.25, -0.2) is 4.39 Å². The zero-order chi connectivity index (χ0) is 23.0. The van der Waals surface area contributed by atoms with E-state index in [0.717, 1.165) is 6.07 Å². The summed E-state index contributed by atoms with van der Waals surface area (Å²) >= 11 is 0. The van der Waals surface area contributed by atoms with Crippen molar-refractivity contribution >= 4 is 16.8 Å². The quantitative estimate of drug-likeness (QED) is 0.249. The summed E-state index contributed by atoms with van der Waals surface area (Å²) in [6.45, 7) is 0. The third-order valence-corrected chi connectivity index (χ3v) is 4.68. The molecule has 0 saturated carbocycles. The van der Waals surface area contributed by atoms with Crippen LogP contribution in [0.15, 0.2) is 63.9 Å². The van der Waals surface area contributed by atoms with Crippen LogP contribution in [-0.2, 0) is 12.6 Å². The van der Waals surface area contributed by atoms with Gasteiger partial charge in [0.1, 0.15) is 5.39 Å². The monoisotopic (exact) mass is 448 g/mol. The van der Waals surface area contributed by atoms with Gasteiger partial charge in [-0.1, -0.05) is 47.6 Å². The molecule has 0 aliphatic rings. The number of nitrogens with zero attached hydrogens (tertiary/aromatic N) is 4. The highest BCUT2D eigenvalue weighted by molar-refractivity contribution is 5.79. The summed E-state index contributed by atoms with van der Waals surface area (Å²) in [6.07, 6.45) is -7.64. The first-order chi connectivity index (χ1) is 15.2. The molecule has 2 aromatic heterocycles. The molecule has 0 saturated heterocycles. The maximum Gasteiger partial charge on any atom is 0.437 e. The molecule has 1 unspecified atom stereocenters. The molecule has 12 heteroatoms. The van der Waals surface area contributed by atoms with Crippen LogP contribution in [0.3, 0.4) is 0 Å². The maximum absolute atomic E-state index is 15.4. The molecule has 32 heavy (non-hydrogen) atoms. The van der Waals surface area contributed by atoms with Crippen molar-refractivity contribution < 1.29 is 27.0 Å². The highest BCUT2D eigenvalue weighted by Gasteiger charge is 2.40. The van der Waals surface area contributed by atoms with Gasteiger partial charge in [-0.05, 0) is 11.6 Å². The molecule has 1 atom stereocenters. The van der Waals surface area contributed by atoms with Crippen molar-refractivity contribution in [2.45, 2.75) is 18.9 Å². The number of para-hydroxylation sites is 1. The molecule has 4 rings (SSSR count). The minimum absolute atomic E-state index is 0.267. The fourth-order valence-corrected chi connectivity index (χ4v) is 3.28. The van der Waals surface area contributed by atoms with Crippen molar-refractivity contribution in [3.05, 3.63) is 86.3 Å². The van der Waals surface area contributed by atoms with Gasteiger partial charge in [-0.15, -0.1) is 0 Å². The molecule has 4 aromatic rings. The average molecular weight is 448 g/mol. The predicted octanol–water partition coefficient (Wildman–Crippen LogP) is 4.69. The molecule has 2 heterocycles. The van der Waals surface area contributed by atoms with Crippen molar-refractivity contribution in [1.29, 1.82) is 0 Å². The maximum atomic E-state index is 15.4. The van der Waals surface area contributed by atoms with Gasteiger partial charge in [-0.2, -0.15) is 18.2 Å². The molecule has 0 N–H and O–H groups in total. The van der Waals surface area contributed by atoms with Gasteiger partial charge in [0.15, 0.2) is 12.1 Å². The summed E-state index contributed by atoms with van der Waals surface area (Å²) in [5.41, 5.74) is -4.22. The number of hydrogen-bond donors (Lipinski definition) is 0. The lowest BCUT2D eigenvalue weighted by Gasteiger charge is -2.16. The lowest BCUT2D eigenvalue weighted by atomic mass is 10.1. The standard InChI is InChI=1S/C20H12F4N4O4/c21-14(10-11-6-2-1-3-7-11)27-17(12-8-4-5-9-13(12)28(30)31)25-18-15(19(27)29)16(26-32-18)20(22,23)24/h1-9,14H,10H2. The van der Waals surface area contributed by atoms with E-state index in [2.05, 4.69) is 14.7 Å². The number of fused-ring (bicyclic) bond motifs is 1. The summed E-state index contributed by atoms with van der Waals surface area (Å²) in [5.74, 6) is -0.553. The van der Waals surface area contributed by atoms with E-state index >= 15 is 4.39 Å². The number of alkyl halides is 4. The van der Waals surface area contributed by atoms with E-state index in [4.69, 9.17) is 0 Å². The molecule has 0 aliphatic heterocycles. The Morgan fingerprint density at radius 1 is 1.09 bits per heavy atom. The van der Waals surface area contributed by atoms with Gasteiger partial charge in [0.25, 0.3) is 17.0 Å². The highest BCUT2D eigenvalue weighted by atomic mass is 19.4. The average Bonchev–Trinajstić information content (AvgIpc) is 3.19. The topological polar surface area (TPSA) is 104 Å². The minimum Gasteiger partial charge on any atom is -0.335 e. The lowest BCUT2D eigenvalue weighted by molar-refractivity contribution is -0.384. The molecule has 8 nitrogen and oxygen atoms in total. The number of nitro groups is 1. The van der Waals surface area contributed by atoms with E-state index in [0.29, 0.717) is 10.1 Å². The Balaban J connectivity index is 2.02. The summed E-state index contributed by atoms with van der Waals surface area (Å²) in [7, 11) is 0. The largest absolute Gasteiger partial charge is 0.437 e. The van der Waals surface area contributed by atoms with Crippen LogP contribution in [-0.4, -0.2) is 19.6 Å². The number of hydrogen-bond acceptors (Lipinski definition) is 6. The van der Waals surface area contributed by atoms with Crippen LogP contribution >= 0.6 is 0 Å². The van der Waals surface area contributed by atoms with Crippen LogP contribution in [0, 0.1) is 10.1 Å². The Morgan fingerprint density at radius 2 is 1.75 bits per heavy atom. The number of halogens is 4. The zero-order valence-electron chi connectivity index (χ0n) is 15.9. The van der Waals surface area contributed by atoms with Crippen LogP contribution in [0.5, 0.6) is 0 Å². The Bertz CT molecular complexity index is 1370. The summed E-state index contributed by atoms with van der Waals surface area (Å²) in [5, 5.41) is 13.3. The van der Waals surface area contributed by atoms with Crippen LogP contribution in [0.25, 0.3) is 22.5 Å². The zero-order valence-corrected chi connectivity index (χ0v) is 15.9. The second kappa shape index (κ2) is 7.87. The van der Waals surface area contributed by atoms with E-state index in [1.165, 1.54) is 18.2 Å². The molecule has 0 fully saturated rings. The first-order valence-corrected chi connectivity index (χ1v) is 9.09. The fraction of sp³-hybridized carbons (Fsp3) is 0.150. The van der Waals surface area contributed by atoms with Gasteiger partial charge in [0.2, 0.25) is 5.69 Å². The van der Waals surface area contributed by atoms with E-state index in [1.54, 1.807) is 30.3 Å². The Kier molecular flexibility index (Phi) is 5.20. The van der Waals surface area contributed by atoms with E-state index < -0.39 is 57.7 Å². The fourth-order valence-electron chi connectivity index (χ4n) is 3.28. The number of aromatic nitrogens is 3. The summed E-state index contributed by atoms with van der Waals surface area (Å²) < 4.78 is 60.4. The van der Waals surface area contributed by atoms with Crippen LogP contribution in [0.2, 0.25) is 0 Å². The molecular formula is C20H12F4N4O4. The smallest absolute Gasteiger partial charge is 0.335 e. The van der Waals surface area contributed by atoms with Crippen LogP contribution in [0.4, 0.5) is 23.2 Å². The molecule has 0 bridgehead atoms. The van der Waals surface area contributed by atoms with Crippen molar-refractivity contribution in [3.8, 4) is 11.4 Å². The third kappa shape index (κ3) is 3.70. The number of rotatable bonds is 5. The van der Waals surface area contributed by atoms with Crippen LogP contribution < -0.4 is 5.56 Å². The second-order valence-electron chi connectivity index (χ2n) is 6.72. The first-order valence-electron chi connectivity index (χ1n) is 9.09. The molecular weight excluding hydrogens is 436 g/mol. The van der Waals surface area contributed by atoms with E-state index in [1.807, 2.05) is 0 Å². The summed E-state index contributed by atoms with van der Waals surface area (Å²) in [4.78, 5) is 27.6.